The summed E-state index contributed by atoms with van der Waals surface area (Å²) in [5, 5.41) is 1.15. The van der Waals surface area contributed by atoms with E-state index in [-0.39, 0.29) is 64.6 Å². The minimum Gasteiger partial charge on any atom is -0.456 e. The lowest BCUT2D eigenvalue weighted by Gasteiger charge is -2.30. The molecule has 0 bridgehead atoms. The van der Waals surface area contributed by atoms with E-state index < -0.39 is 75.4 Å². The fraction of sp³-hybridized carbons (Fsp3) is 0.542. The van der Waals surface area contributed by atoms with Gasteiger partial charge < -0.3 is 33.1 Å². The van der Waals surface area contributed by atoms with Crippen molar-refractivity contribution in [3.8, 4) is 11.3 Å². The molecule has 21 nitrogen and oxygen atoms in total. The number of carbonyl (C=O) groups is 3. The topological polar surface area (TPSA) is 283 Å². The third-order valence-corrected chi connectivity index (χ3v) is 14.5. The minimum atomic E-state index is -4.70. The zero-order chi connectivity index (χ0) is 52.9. The predicted molar refractivity (Wildman–Crippen MR) is 265 cm³/mol. The van der Waals surface area contributed by atoms with Crippen molar-refractivity contribution in [1.29, 1.82) is 0 Å². The van der Waals surface area contributed by atoms with Gasteiger partial charge in [-0.05, 0) is 85.2 Å². The van der Waals surface area contributed by atoms with E-state index >= 15 is 0 Å². The van der Waals surface area contributed by atoms with Gasteiger partial charge in [-0.3, -0.25) is 23.2 Å². The second-order valence-electron chi connectivity index (χ2n) is 18.5. The van der Waals surface area contributed by atoms with Gasteiger partial charge in [0.2, 0.25) is 5.36 Å². The van der Waals surface area contributed by atoms with Crippen molar-refractivity contribution in [3.05, 3.63) is 82.6 Å². The van der Waals surface area contributed by atoms with Crippen molar-refractivity contribution in [2.45, 2.75) is 88.4 Å². The van der Waals surface area contributed by atoms with Crippen LogP contribution in [0.3, 0.4) is 0 Å². The summed E-state index contributed by atoms with van der Waals surface area (Å²) in [5.41, 5.74) is 1.69. The smallest absolute Gasteiger partial charge is 0.333 e. The average molecular weight is 1070 g/mol. The van der Waals surface area contributed by atoms with E-state index in [2.05, 4.69) is 0 Å². The predicted octanol–water partition coefficient (Wildman–Crippen LogP) is 4.41. The number of hydrogen-bond donors (Lipinski definition) is 3. The summed E-state index contributed by atoms with van der Waals surface area (Å²) in [6.07, 6.45) is 5.09. The molecule has 0 saturated carbocycles. The lowest BCUT2D eigenvalue weighted by molar-refractivity contribution is -0.197. The fourth-order valence-electron chi connectivity index (χ4n) is 8.49. The Morgan fingerprint density at radius 2 is 1.43 bits per heavy atom. The van der Waals surface area contributed by atoms with Crippen molar-refractivity contribution >= 4 is 59.9 Å². The van der Waals surface area contributed by atoms with Crippen molar-refractivity contribution in [3.63, 3.8) is 0 Å². The van der Waals surface area contributed by atoms with E-state index in [1.165, 1.54) is 18.2 Å². The minimum absolute atomic E-state index is 0.0382. The molecule has 1 unspecified atom stereocenters. The molecule has 0 radical (unpaired) electrons. The fourth-order valence-corrected chi connectivity index (χ4v) is 9.98. The number of fused-ring (bicyclic) bond motifs is 2. The van der Waals surface area contributed by atoms with Crippen LogP contribution in [0.15, 0.2) is 69.6 Å². The van der Waals surface area contributed by atoms with Crippen LogP contribution in [0.25, 0.3) is 17.4 Å². The van der Waals surface area contributed by atoms with Gasteiger partial charge in [-0.15, -0.1) is 5.06 Å². The number of nitrogens with zero attached hydrogens (tertiary/aromatic N) is 3. The zero-order valence-electron chi connectivity index (χ0n) is 41.2. The SMILES string of the molecule is COCCOCCOCCOCC[N+](CCCS(=O)(=O)O)=c1ccc2c(C(C)(C)C)cc(/C=C/C=C3/N(CCCS(=O)(=O)O)c4ccc(S(=O)(=O)O)cc4C3(C)CCCC(=O)ON3C(=O)CCC3=O)oc-2c1. The van der Waals surface area contributed by atoms with E-state index in [1.807, 2.05) is 49.6 Å². The van der Waals surface area contributed by atoms with Gasteiger partial charge in [0.15, 0.2) is 6.54 Å². The highest BCUT2D eigenvalue weighted by atomic mass is 32.2. The Bertz CT molecular complexity index is 2840. The maximum atomic E-state index is 12.9. The van der Waals surface area contributed by atoms with Crippen LogP contribution in [-0.4, -0.2) is 146 Å². The lowest BCUT2D eigenvalue weighted by atomic mass is 9.77. The summed E-state index contributed by atoms with van der Waals surface area (Å²) < 4.78 is 131. The molecule has 0 spiro atoms. The molecule has 72 heavy (non-hydrogen) atoms. The summed E-state index contributed by atoms with van der Waals surface area (Å²) in [5.74, 6) is -2.22. The van der Waals surface area contributed by atoms with Crippen LogP contribution in [0.1, 0.15) is 89.5 Å². The number of allylic oxidation sites excluding steroid dienone is 3. The molecule has 1 aliphatic carbocycles. The Kier molecular flexibility index (Phi) is 20.4. The number of rotatable bonds is 28. The normalized spacial score (nSPS) is 17.8. The quantitative estimate of drug-likeness (QED) is 0.0393. The zero-order valence-corrected chi connectivity index (χ0v) is 43.7. The largest absolute Gasteiger partial charge is 0.456 e. The number of amides is 2. The van der Waals surface area contributed by atoms with E-state index in [0.29, 0.717) is 85.1 Å². The van der Waals surface area contributed by atoms with Crippen LogP contribution in [0.5, 0.6) is 0 Å². The highest BCUT2D eigenvalue weighted by Crippen LogP contribution is 2.51. The van der Waals surface area contributed by atoms with Crippen molar-refractivity contribution < 1.29 is 81.5 Å². The molecular formula is C48H66N3O18S3+. The first-order valence-electron chi connectivity index (χ1n) is 23.4. The highest BCUT2D eigenvalue weighted by Gasteiger charge is 2.44. The van der Waals surface area contributed by atoms with Crippen molar-refractivity contribution in [2.75, 3.05) is 89.4 Å². The molecule has 5 rings (SSSR count). The van der Waals surface area contributed by atoms with Crippen LogP contribution in [0, 0.1) is 0 Å². The maximum absolute atomic E-state index is 12.9. The number of hydrogen-bond acceptors (Lipinski definition) is 16. The summed E-state index contributed by atoms with van der Waals surface area (Å²) in [4.78, 5) is 43.6. The second-order valence-corrected chi connectivity index (χ2v) is 23.1. The summed E-state index contributed by atoms with van der Waals surface area (Å²) in [6, 6.07) is 11.6. The monoisotopic (exact) mass is 1070 g/mol. The molecule has 398 valence electrons. The van der Waals surface area contributed by atoms with Crippen LogP contribution < -0.4 is 14.8 Å². The molecular weight excluding hydrogens is 1000 g/mol. The Balaban J connectivity index is 1.51. The molecule has 24 heteroatoms. The van der Waals surface area contributed by atoms with Gasteiger partial charge in [-0.25, -0.2) is 9.37 Å². The molecule has 2 amide bonds. The number of methoxy groups -OCH3 is 1. The maximum Gasteiger partial charge on any atom is 0.333 e. The third kappa shape index (κ3) is 16.8. The van der Waals surface area contributed by atoms with Crippen LogP contribution in [0.2, 0.25) is 0 Å². The molecule has 1 aromatic rings. The summed E-state index contributed by atoms with van der Waals surface area (Å²) in [6.45, 7) is 11.3. The lowest BCUT2D eigenvalue weighted by Crippen LogP contribution is -2.35. The number of carbonyl (C=O) groups excluding carboxylic acids is 3. The van der Waals surface area contributed by atoms with E-state index in [1.54, 1.807) is 37.2 Å². The second kappa shape index (κ2) is 25.4. The van der Waals surface area contributed by atoms with E-state index in [0.717, 1.165) is 11.1 Å². The van der Waals surface area contributed by atoms with Gasteiger partial charge in [-0.2, -0.15) is 25.3 Å². The van der Waals surface area contributed by atoms with Gasteiger partial charge >= 0.3 is 5.97 Å². The average Bonchev–Trinajstić information content (AvgIpc) is 3.72. The number of ether oxygens (including phenoxy) is 4. The van der Waals surface area contributed by atoms with E-state index in [9.17, 15) is 53.3 Å². The summed E-state index contributed by atoms with van der Waals surface area (Å²) >= 11 is 0. The van der Waals surface area contributed by atoms with Gasteiger partial charge in [0.05, 0.1) is 62.1 Å². The van der Waals surface area contributed by atoms with Crippen molar-refractivity contribution in [1.82, 2.24) is 9.64 Å². The van der Waals surface area contributed by atoms with E-state index in [4.69, 9.17) is 28.2 Å². The highest BCUT2D eigenvalue weighted by molar-refractivity contribution is 7.86. The molecule has 3 aliphatic heterocycles. The molecule has 1 fully saturated rings. The first-order valence-corrected chi connectivity index (χ1v) is 28.1. The van der Waals surface area contributed by atoms with Gasteiger partial charge in [-0.1, -0.05) is 26.8 Å². The summed E-state index contributed by atoms with van der Waals surface area (Å²) in [7, 11) is -11.7. The van der Waals surface area contributed by atoms with Gasteiger partial charge in [0.25, 0.3) is 42.2 Å². The van der Waals surface area contributed by atoms with Gasteiger partial charge in [0.1, 0.15) is 24.7 Å². The third-order valence-electron chi connectivity index (χ3n) is 12.0. The molecule has 3 N–H and O–H groups in total. The molecule has 1 atom stereocenters. The van der Waals surface area contributed by atoms with Gasteiger partial charge in [0, 0.05) is 67.8 Å². The molecule has 4 aliphatic rings. The first kappa shape index (κ1) is 58.0. The van der Waals surface area contributed by atoms with Crippen LogP contribution in [0.4, 0.5) is 5.69 Å². The number of imide groups is 1. The van der Waals surface area contributed by atoms with Crippen LogP contribution in [-0.2, 0) is 79.4 Å². The number of hydroxylamine groups is 2. The standard InChI is InChI=1S/C48H65N3O18S3/c1-47(2,3)39-33-36(68-42-32-35(13-15-38(39)42)49(20-8-30-70(55,56)57)22-23-65-26-27-67-29-28-66-25-24-64-5)10-6-11-43-48(4,19-7-12-46(54)69-51-44(52)17-18-45(51)53)40-34-37(72(61,62)63)14-16-41(40)50(43)21-9-31-71(58,59)60/h6,10-11,13-16,32-34H,7-9,12,17-31H2,1-5H3,(H2-,55,56,57,58,59,60,61,62,63)/p+1. The Hall–Kier alpha value is -4.89. The molecule has 3 heterocycles. The molecule has 1 aromatic carbocycles. The first-order chi connectivity index (χ1) is 33.8. The Labute approximate surface area is 420 Å². The van der Waals surface area contributed by atoms with Crippen molar-refractivity contribution in [2.24, 2.45) is 0 Å². The Morgan fingerprint density at radius 3 is 2.04 bits per heavy atom. The molecule has 1 saturated heterocycles. The number of benzene rings is 2. The Morgan fingerprint density at radius 1 is 0.806 bits per heavy atom. The van der Waals surface area contributed by atoms with Crippen LogP contribution >= 0.6 is 0 Å². The molecule has 0 aromatic heterocycles. The number of anilines is 1.